The van der Waals surface area contributed by atoms with Gasteiger partial charge in [-0.15, -0.1) is 11.3 Å². The third kappa shape index (κ3) is 5.07. The molecular formula is C24H22ClFN4O2S. The van der Waals surface area contributed by atoms with Gasteiger partial charge in [0, 0.05) is 23.5 Å². The highest BCUT2D eigenvalue weighted by atomic mass is 35.5. The minimum Gasteiger partial charge on any atom is -0.350 e. The predicted molar refractivity (Wildman–Crippen MR) is 129 cm³/mol. The first kappa shape index (κ1) is 22.9. The summed E-state index contributed by atoms with van der Waals surface area (Å²) < 4.78 is 14.8. The maximum atomic E-state index is 13.2. The molecule has 6 nitrogen and oxygen atoms in total. The molecule has 0 bridgehead atoms. The fourth-order valence-electron chi connectivity index (χ4n) is 3.43. The number of fused-ring (bicyclic) bond motifs is 1. The van der Waals surface area contributed by atoms with E-state index in [4.69, 9.17) is 11.6 Å². The van der Waals surface area contributed by atoms with Crippen LogP contribution in [0.25, 0.3) is 15.9 Å². The number of rotatable bonds is 7. The second-order valence-corrected chi connectivity index (χ2v) is 8.99. The van der Waals surface area contributed by atoms with Crippen molar-refractivity contribution in [1.29, 1.82) is 0 Å². The van der Waals surface area contributed by atoms with Crippen molar-refractivity contribution in [2.24, 2.45) is 0 Å². The van der Waals surface area contributed by atoms with Crippen LogP contribution >= 0.6 is 22.9 Å². The fraction of sp³-hybridized carbons (Fsp3) is 0.208. The van der Waals surface area contributed by atoms with E-state index in [0.717, 1.165) is 27.2 Å². The highest BCUT2D eigenvalue weighted by Crippen LogP contribution is 2.31. The summed E-state index contributed by atoms with van der Waals surface area (Å²) in [6, 6.07) is 15.1. The van der Waals surface area contributed by atoms with Crippen molar-refractivity contribution >= 4 is 45.0 Å². The third-order valence-electron chi connectivity index (χ3n) is 5.23. The van der Waals surface area contributed by atoms with Crippen molar-refractivity contribution in [2.75, 3.05) is 13.1 Å². The van der Waals surface area contributed by atoms with E-state index < -0.39 is 0 Å². The molecule has 0 aliphatic carbocycles. The highest BCUT2D eigenvalue weighted by Gasteiger charge is 2.22. The molecule has 33 heavy (non-hydrogen) atoms. The van der Waals surface area contributed by atoms with Crippen LogP contribution in [-0.2, 0) is 11.3 Å². The zero-order valence-corrected chi connectivity index (χ0v) is 19.7. The number of likely N-dealkylation sites (N-methyl/N-ethyl adjacent to an activating group) is 1. The molecule has 0 unspecified atom stereocenters. The Morgan fingerprint density at radius 3 is 2.52 bits per heavy atom. The van der Waals surface area contributed by atoms with Crippen molar-refractivity contribution in [3.8, 4) is 5.69 Å². The SMILES string of the molecule is CCN(CC(=O)NCc1ccc(F)cc1)C(=O)c1cc2c(C)nn(-c3ccc(Cl)cc3)c2s1. The number of aromatic nitrogens is 2. The quantitative estimate of drug-likeness (QED) is 0.403. The third-order valence-corrected chi connectivity index (χ3v) is 6.58. The van der Waals surface area contributed by atoms with E-state index in [2.05, 4.69) is 10.4 Å². The van der Waals surface area contributed by atoms with Crippen LogP contribution in [0.1, 0.15) is 27.9 Å². The van der Waals surface area contributed by atoms with Gasteiger partial charge >= 0.3 is 0 Å². The smallest absolute Gasteiger partial charge is 0.264 e. The molecule has 0 atom stereocenters. The van der Waals surface area contributed by atoms with Gasteiger partial charge in [-0.25, -0.2) is 9.07 Å². The zero-order valence-electron chi connectivity index (χ0n) is 18.1. The number of nitrogens with zero attached hydrogens (tertiary/aromatic N) is 3. The maximum Gasteiger partial charge on any atom is 0.264 e. The number of hydrogen-bond acceptors (Lipinski definition) is 4. The topological polar surface area (TPSA) is 67.2 Å². The minimum absolute atomic E-state index is 0.0624. The average Bonchev–Trinajstić information content (AvgIpc) is 3.38. The first-order valence-electron chi connectivity index (χ1n) is 10.4. The molecular weight excluding hydrogens is 463 g/mol. The van der Waals surface area contributed by atoms with Crippen LogP contribution in [0.2, 0.25) is 5.02 Å². The van der Waals surface area contributed by atoms with Crippen molar-refractivity contribution in [1.82, 2.24) is 20.0 Å². The lowest BCUT2D eigenvalue weighted by Crippen LogP contribution is -2.40. The first-order valence-corrected chi connectivity index (χ1v) is 11.6. The van der Waals surface area contributed by atoms with Crippen LogP contribution in [0.15, 0.2) is 54.6 Å². The molecule has 4 rings (SSSR count). The van der Waals surface area contributed by atoms with Crippen LogP contribution in [0.3, 0.4) is 0 Å². The van der Waals surface area contributed by atoms with Crippen molar-refractivity contribution < 1.29 is 14.0 Å². The van der Waals surface area contributed by atoms with E-state index in [1.54, 1.807) is 28.9 Å². The summed E-state index contributed by atoms with van der Waals surface area (Å²) in [6.45, 7) is 4.33. The number of amides is 2. The minimum atomic E-state index is -0.328. The fourth-order valence-corrected chi connectivity index (χ4v) is 4.70. The zero-order chi connectivity index (χ0) is 23.5. The van der Waals surface area contributed by atoms with Gasteiger partial charge in [0.1, 0.15) is 10.6 Å². The molecule has 2 heterocycles. The van der Waals surface area contributed by atoms with Crippen LogP contribution in [-0.4, -0.2) is 39.6 Å². The molecule has 170 valence electrons. The van der Waals surface area contributed by atoms with E-state index in [1.165, 1.54) is 28.4 Å². The van der Waals surface area contributed by atoms with Crippen LogP contribution in [0.4, 0.5) is 4.39 Å². The highest BCUT2D eigenvalue weighted by molar-refractivity contribution is 7.20. The molecule has 9 heteroatoms. The van der Waals surface area contributed by atoms with Crippen molar-refractivity contribution in [2.45, 2.75) is 20.4 Å². The number of benzene rings is 2. The predicted octanol–water partition coefficient (Wildman–Crippen LogP) is 4.97. The second-order valence-electron chi connectivity index (χ2n) is 7.53. The summed E-state index contributed by atoms with van der Waals surface area (Å²) in [5, 5.41) is 8.91. The Bertz CT molecular complexity index is 1300. The summed E-state index contributed by atoms with van der Waals surface area (Å²) in [5.41, 5.74) is 2.45. The molecule has 0 spiro atoms. The van der Waals surface area contributed by atoms with Crippen LogP contribution < -0.4 is 5.32 Å². The maximum absolute atomic E-state index is 13.2. The molecule has 0 radical (unpaired) electrons. The molecule has 4 aromatic rings. The lowest BCUT2D eigenvalue weighted by atomic mass is 10.2. The second kappa shape index (κ2) is 9.72. The van der Waals surface area contributed by atoms with Crippen molar-refractivity contribution in [3.05, 3.63) is 81.6 Å². The molecule has 0 aliphatic rings. The molecule has 0 saturated heterocycles. The normalized spacial score (nSPS) is 11.0. The average molecular weight is 485 g/mol. The number of nitrogens with one attached hydrogen (secondary N) is 1. The van der Waals surface area contributed by atoms with Gasteiger partial charge in [0.05, 0.1) is 22.8 Å². The summed E-state index contributed by atoms with van der Waals surface area (Å²) >= 11 is 7.34. The van der Waals surface area contributed by atoms with Gasteiger partial charge in [0.25, 0.3) is 5.91 Å². The Kier molecular flexibility index (Phi) is 6.76. The van der Waals surface area contributed by atoms with E-state index in [9.17, 15) is 14.0 Å². The summed E-state index contributed by atoms with van der Waals surface area (Å²) in [5.74, 6) is -0.817. The molecule has 2 aromatic carbocycles. The Hall–Kier alpha value is -3.23. The summed E-state index contributed by atoms with van der Waals surface area (Å²) in [4.78, 5) is 28.5. The number of aryl methyl sites for hydroxylation is 1. The molecule has 0 aliphatic heterocycles. The van der Waals surface area contributed by atoms with Gasteiger partial charge in [-0.3, -0.25) is 9.59 Å². The summed E-state index contributed by atoms with van der Waals surface area (Å²) in [7, 11) is 0. The van der Waals surface area contributed by atoms with Gasteiger partial charge in [-0.05, 0) is 61.9 Å². The molecule has 0 fully saturated rings. The van der Waals surface area contributed by atoms with Gasteiger partial charge in [-0.1, -0.05) is 23.7 Å². The van der Waals surface area contributed by atoms with E-state index in [1.807, 2.05) is 32.0 Å². The molecule has 0 saturated carbocycles. The standard InChI is InChI=1S/C24H22ClFN4O2S/c1-3-29(14-22(31)27-13-16-4-8-18(26)9-5-16)23(32)21-12-20-15(2)28-30(24(20)33-21)19-10-6-17(25)7-11-19/h4-12H,3,13-14H2,1-2H3,(H,27,31). The Morgan fingerprint density at radius 2 is 1.85 bits per heavy atom. The Balaban J connectivity index is 1.49. The lowest BCUT2D eigenvalue weighted by molar-refractivity contribution is -0.121. The number of carbonyl (C=O) groups excluding carboxylic acids is 2. The van der Waals surface area contributed by atoms with Gasteiger partial charge < -0.3 is 10.2 Å². The van der Waals surface area contributed by atoms with Gasteiger partial charge in [0.15, 0.2) is 0 Å². The Morgan fingerprint density at radius 1 is 1.15 bits per heavy atom. The lowest BCUT2D eigenvalue weighted by Gasteiger charge is -2.19. The van der Waals surface area contributed by atoms with Gasteiger partial charge in [-0.2, -0.15) is 5.10 Å². The van der Waals surface area contributed by atoms with Crippen molar-refractivity contribution in [3.63, 3.8) is 0 Å². The van der Waals surface area contributed by atoms with Crippen LogP contribution in [0, 0.1) is 12.7 Å². The summed E-state index contributed by atoms with van der Waals surface area (Å²) in [6.07, 6.45) is 0. The first-order chi connectivity index (χ1) is 15.9. The van der Waals surface area contributed by atoms with Gasteiger partial charge in [0.2, 0.25) is 5.91 Å². The van der Waals surface area contributed by atoms with E-state index >= 15 is 0 Å². The van der Waals surface area contributed by atoms with E-state index in [0.29, 0.717) is 16.4 Å². The number of hydrogen-bond donors (Lipinski definition) is 1. The Labute approximate surface area is 199 Å². The number of thiophene rings is 1. The molecule has 1 N–H and O–H groups in total. The largest absolute Gasteiger partial charge is 0.350 e. The van der Waals surface area contributed by atoms with E-state index in [-0.39, 0.29) is 30.7 Å². The number of carbonyl (C=O) groups is 2. The monoisotopic (exact) mass is 484 g/mol. The number of halogens is 2. The van der Waals surface area contributed by atoms with Crippen LogP contribution in [0.5, 0.6) is 0 Å². The molecule has 2 amide bonds. The molecule has 2 aromatic heterocycles.